The molecule has 1 aliphatic heterocycles. The highest BCUT2D eigenvalue weighted by atomic mass is 16.2. The molecule has 0 unspecified atom stereocenters. The van der Waals surface area contributed by atoms with E-state index in [0.29, 0.717) is 18.7 Å². The molecule has 4 rings (SSSR count). The highest BCUT2D eigenvalue weighted by molar-refractivity contribution is 6.39. The minimum atomic E-state index is -0.729. The number of H-pyrrole nitrogens is 1. The number of benzene rings is 2. The molecule has 0 saturated carbocycles. The van der Waals surface area contributed by atoms with Crippen molar-refractivity contribution in [1.29, 1.82) is 0 Å². The zero-order valence-corrected chi connectivity index (χ0v) is 15.4. The molecular weight excluding hydrogens is 356 g/mol. The van der Waals surface area contributed by atoms with Crippen molar-refractivity contribution in [2.24, 2.45) is 0 Å². The number of rotatable bonds is 4. The molecule has 4 N–H and O–H groups in total. The average molecular weight is 376 g/mol. The van der Waals surface area contributed by atoms with E-state index in [1.807, 2.05) is 31.2 Å². The number of anilines is 2. The van der Waals surface area contributed by atoms with Crippen molar-refractivity contribution in [2.75, 3.05) is 17.2 Å². The second-order valence-corrected chi connectivity index (χ2v) is 6.83. The zero-order valence-electron chi connectivity index (χ0n) is 15.4. The number of fused-ring (bicyclic) bond motifs is 2. The van der Waals surface area contributed by atoms with Crippen LogP contribution in [0.25, 0.3) is 10.9 Å². The topological polar surface area (TPSA) is 103 Å². The first-order chi connectivity index (χ1) is 13.5. The highest BCUT2D eigenvalue weighted by Gasteiger charge is 2.19. The van der Waals surface area contributed by atoms with Gasteiger partial charge in [-0.2, -0.15) is 0 Å². The van der Waals surface area contributed by atoms with Gasteiger partial charge in [-0.3, -0.25) is 14.4 Å². The van der Waals surface area contributed by atoms with Crippen LogP contribution in [0.5, 0.6) is 0 Å². The summed E-state index contributed by atoms with van der Waals surface area (Å²) in [6.45, 7) is 2.36. The molecule has 2 aromatic carbocycles. The summed E-state index contributed by atoms with van der Waals surface area (Å²) in [7, 11) is 0. The number of hydrogen-bond acceptors (Lipinski definition) is 3. The van der Waals surface area contributed by atoms with Gasteiger partial charge < -0.3 is 20.9 Å². The van der Waals surface area contributed by atoms with Crippen LogP contribution < -0.4 is 16.0 Å². The van der Waals surface area contributed by atoms with Crippen LogP contribution in [0.4, 0.5) is 11.4 Å². The molecule has 0 spiro atoms. The zero-order chi connectivity index (χ0) is 19.7. The number of carbonyl (C=O) groups excluding carboxylic acids is 3. The maximum absolute atomic E-state index is 12.1. The van der Waals surface area contributed by atoms with E-state index in [1.165, 1.54) is 0 Å². The van der Waals surface area contributed by atoms with Gasteiger partial charge in [0.25, 0.3) is 0 Å². The second-order valence-electron chi connectivity index (χ2n) is 6.83. The third-order valence-corrected chi connectivity index (χ3v) is 4.88. The number of amides is 3. The Morgan fingerprint density at radius 3 is 2.79 bits per heavy atom. The Labute approximate surface area is 161 Å². The van der Waals surface area contributed by atoms with Crippen LogP contribution in [0.2, 0.25) is 0 Å². The summed E-state index contributed by atoms with van der Waals surface area (Å²) in [5.41, 5.74) is 5.28. The molecular formula is C21H20N4O3. The van der Waals surface area contributed by atoms with E-state index in [0.717, 1.165) is 33.4 Å². The molecule has 0 bridgehead atoms. The lowest BCUT2D eigenvalue weighted by Gasteiger charge is -2.08. The average Bonchev–Trinajstić information content (AvgIpc) is 3.19. The van der Waals surface area contributed by atoms with Gasteiger partial charge in [0.05, 0.1) is 6.42 Å². The summed E-state index contributed by atoms with van der Waals surface area (Å²) < 4.78 is 0. The van der Waals surface area contributed by atoms with Gasteiger partial charge in [-0.05, 0) is 48.7 Å². The Morgan fingerprint density at radius 1 is 1.11 bits per heavy atom. The Kier molecular flexibility index (Phi) is 4.57. The van der Waals surface area contributed by atoms with Gasteiger partial charge in [0, 0.05) is 34.5 Å². The predicted octanol–water partition coefficient (Wildman–Crippen LogP) is 2.27. The molecule has 3 amide bonds. The molecule has 3 aromatic rings. The lowest BCUT2D eigenvalue weighted by molar-refractivity contribution is -0.136. The number of aromatic amines is 1. The third-order valence-electron chi connectivity index (χ3n) is 4.88. The van der Waals surface area contributed by atoms with Crippen LogP contribution in [0.1, 0.15) is 16.8 Å². The van der Waals surface area contributed by atoms with Crippen molar-refractivity contribution < 1.29 is 14.4 Å². The molecule has 7 nitrogen and oxygen atoms in total. The number of nitrogens with one attached hydrogen (secondary N) is 4. The van der Waals surface area contributed by atoms with E-state index in [9.17, 15) is 14.4 Å². The Bertz CT molecular complexity index is 1100. The fraction of sp³-hybridized carbons (Fsp3) is 0.190. The van der Waals surface area contributed by atoms with Gasteiger partial charge in [-0.15, -0.1) is 0 Å². The Hall–Kier alpha value is -3.61. The standard InChI is InChI=1S/C21H20N4O3/c1-12-15(16-4-2-3-5-18(16)23-12)8-9-22-20(27)21(28)24-14-6-7-17-13(10-14)11-19(26)25-17/h2-7,10,23H,8-9,11H2,1H3,(H,22,27)(H,24,28)(H,25,26). The summed E-state index contributed by atoms with van der Waals surface area (Å²) in [6, 6.07) is 13.1. The van der Waals surface area contributed by atoms with E-state index in [2.05, 4.69) is 20.9 Å². The van der Waals surface area contributed by atoms with Gasteiger partial charge in [-0.1, -0.05) is 18.2 Å². The Balaban J connectivity index is 1.34. The van der Waals surface area contributed by atoms with Crippen molar-refractivity contribution in [3.8, 4) is 0 Å². The summed E-state index contributed by atoms with van der Waals surface area (Å²) >= 11 is 0. The van der Waals surface area contributed by atoms with Gasteiger partial charge in [0.2, 0.25) is 5.91 Å². The fourth-order valence-corrected chi connectivity index (χ4v) is 3.53. The number of aryl methyl sites for hydroxylation is 1. The maximum atomic E-state index is 12.1. The molecule has 142 valence electrons. The number of aromatic nitrogens is 1. The van der Waals surface area contributed by atoms with Gasteiger partial charge in [0.1, 0.15) is 0 Å². The van der Waals surface area contributed by atoms with Crippen molar-refractivity contribution in [3.63, 3.8) is 0 Å². The number of hydrogen-bond donors (Lipinski definition) is 4. The molecule has 0 fully saturated rings. The molecule has 1 aliphatic rings. The molecule has 0 aliphatic carbocycles. The summed E-state index contributed by atoms with van der Waals surface area (Å²) in [5.74, 6) is -1.50. The van der Waals surface area contributed by atoms with Crippen LogP contribution in [0.3, 0.4) is 0 Å². The van der Waals surface area contributed by atoms with Gasteiger partial charge in [0.15, 0.2) is 0 Å². The van der Waals surface area contributed by atoms with Crippen molar-refractivity contribution in [2.45, 2.75) is 19.8 Å². The largest absolute Gasteiger partial charge is 0.358 e. The lowest BCUT2D eigenvalue weighted by atomic mass is 10.1. The monoisotopic (exact) mass is 376 g/mol. The summed E-state index contributed by atoms with van der Waals surface area (Å²) in [4.78, 5) is 39.0. The highest BCUT2D eigenvalue weighted by Crippen LogP contribution is 2.26. The summed E-state index contributed by atoms with van der Waals surface area (Å²) in [6.07, 6.45) is 0.900. The van der Waals surface area contributed by atoms with Gasteiger partial charge >= 0.3 is 11.8 Å². The fourth-order valence-electron chi connectivity index (χ4n) is 3.53. The van der Waals surface area contributed by atoms with E-state index >= 15 is 0 Å². The molecule has 2 heterocycles. The molecule has 1 aromatic heterocycles. The van der Waals surface area contributed by atoms with Gasteiger partial charge in [-0.25, -0.2) is 0 Å². The third kappa shape index (κ3) is 3.46. The normalized spacial score (nSPS) is 12.5. The SMILES string of the molecule is Cc1[nH]c2ccccc2c1CCNC(=O)C(=O)Nc1ccc2c(c1)CC(=O)N2. The maximum Gasteiger partial charge on any atom is 0.313 e. The molecule has 0 atom stereocenters. The first-order valence-corrected chi connectivity index (χ1v) is 9.09. The minimum absolute atomic E-state index is 0.0798. The van der Waals surface area contributed by atoms with Crippen LogP contribution >= 0.6 is 0 Å². The lowest BCUT2D eigenvalue weighted by Crippen LogP contribution is -2.36. The van der Waals surface area contributed by atoms with Crippen LogP contribution in [-0.4, -0.2) is 29.3 Å². The first-order valence-electron chi connectivity index (χ1n) is 9.09. The number of carbonyl (C=O) groups is 3. The molecule has 0 saturated heterocycles. The predicted molar refractivity (Wildman–Crippen MR) is 107 cm³/mol. The van der Waals surface area contributed by atoms with Crippen LogP contribution in [0.15, 0.2) is 42.5 Å². The smallest absolute Gasteiger partial charge is 0.313 e. The van der Waals surface area contributed by atoms with Crippen LogP contribution in [-0.2, 0) is 27.2 Å². The van der Waals surface area contributed by atoms with Crippen molar-refractivity contribution in [1.82, 2.24) is 10.3 Å². The molecule has 7 heteroatoms. The Morgan fingerprint density at radius 2 is 1.93 bits per heavy atom. The quantitative estimate of drug-likeness (QED) is 0.525. The van der Waals surface area contributed by atoms with E-state index in [4.69, 9.17) is 0 Å². The van der Waals surface area contributed by atoms with Crippen molar-refractivity contribution in [3.05, 3.63) is 59.3 Å². The number of para-hydroxylation sites is 1. The van der Waals surface area contributed by atoms with E-state index < -0.39 is 11.8 Å². The summed E-state index contributed by atoms with van der Waals surface area (Å²) in [5, 5.41) is 9.09. The molecule has 0 radical (unpaired) electrons. The van der Waals surface area contributed by atoms with E-state index in [-0.39, 0.29) is 12.3 Å². The molecule has 28 heavy (non-hydrogen) atoms. The van der Waals surface area contributed by atoms with Crippen molar-refractivity contribution >= 4 is 40.0 Å². The van der Waals surface area contributed by atoms with Crippen LogP contribution in [0, 0.1) is 6.92 Å². The van der Waals surface area contributed by atoms with E-state index in [1.54, 1.807) is 18.2 Å². The minimum Gasteiger partial charge on any atom is -0.358 e. The first kappa shape index (κ1) is 17.8. The second kappa shape index (κ2) is 7.19.